The van der Waals surface area contributed by atoms with Gasteiger partial charge in [-0.1, -0.05) is 56.3 Å². The number of carbonyl (C=O) groups excluding carboxylic acids is 2. The Labute approximate surface area is 148 Å². The van der Waals surface area contributed by atoms with Crippen LogP contribution in [0.2, 0.25) is 0 Å². The molecule has 0 heterocycles. The third-order valence-electron chi connectivity index (χ3n) is 4.10. The Kier molecular flexibility index (Phi) is 6.31. The maximum atomic E-state index is 12.2. The molecule has 0 saturated heterocycles. The highest BCUT2D eigenvalue weighted by atomic mass is 16.3. The number of aliphatic hydroxyl groups excluding tert-OH is 1. The molecule has 2 rings (SSSR count). The van der Waals surface area contributed by atoms with Crippen LogP contribution in [0.5, 0.6) is 0 Å². The standard InChI is InChI=1S/C20H24N2O3/c1-13(2)17-10-6-7-14(3)18(17)22-20(25)19(24)21-11-15-8-4-5-9-16(15)12-23/h4-10,13,23H,11-12H2,1-3H3,(H,21,24)(H,22,25). The number of benzene rings is 2. The predicted molar refractivity (Wildman–Crippen MR) is 98.1 cm³/mol. The minimum atomic E-state index is -0.703. The second kappa shape index (κ2) is 8.44. The minimum Gasteiger partial charge on any atom is -0.392 e. The molecule has 0 aromatic heterocycles. The first-order chi connectivity index (χ1) is 11.9. The number of aryl methyl sites for hydroxylation is 1. The van der Waals surface area contributed by atoms with Crippen molar-refractivity contribution < 1.29 is 14.7 Å². The van der Waals surface area contributed by atoms with Crippen LogP contribution in [0.25, 0.3) is 0 Å². The van der Waals surface area contributed by atoms with Gasteiger partial charge in [-0.15, -0.1) is 0 Å². The summed E-state index contributed by atoms with van der Waals surface area (Å²) in [5, 5.41) is 14.6. The number of hydrogen-bond donors (Lipinski definition) is 3. The van der Waals surface area contributed by atoms with Gasteiger partial charge in [0.05, 0.1) is 6.61 Å². The summed E-state index contributed by atoms with van der Waals surface area (Å²) in [5.74, 6) is -1.17. The number of amides is 2. The van der Waals surface area contributed by atoms with E-state index >= 15 is 0 Å². The molecule has 2 aromatic carbocycles. The van der Waals surface area contributed by atoms with Gasteiger partial charge in [0, 0.05) is 12.2 Å². The van der Waals surface area contributed by atoms with E-state index in [-0.39, 0.29) is 19.1 Å². The number of hydrogen-bond acceptors (Lipinski definition) is 3. The monoisotopic (exact) mass is 340 g/mol. The van der Waals surface area contributed by atoms with Gasteiger partial charge < -0.3 is 15.7 Å². The van der Waals surface area contributed by atoms with E-state index in [9.17, 15) is 14.7 Å². The van der Waals surface area contributed by atoms with E-state index in [0.29, 0.717) is 5.69 Å². The largest absolute Gasteiger partial charge is 0.392 e. The zero-order valence-electron chi connectivity index (χ0n) is 14.8. The van der Waals surface area contributed by atoms with Gasteiger partial charge in [-0.25, -0.2) is 0 Å². The van der Waals surface area contributed by atoms with Crippen LogP contribution in [0, 0.1) is 6.92 Å². The van der Waals surface area contributed by atoms with Crippen molar-refractivity contribution in [2.75, 3.05) is 5.32 Å². The lowest BCUT2D eigenvalue weighted by Crippen LogP contribution is -2.35. The van der Waals surface area contributed by atoms with Gasteiger partial charge in [-0.3, -0.25) is 9.59 Å². The molecule has 0 spiro atoms. The van der Waals surface area contributed by atoms with Crippen LogP contribution in [0.3, 0.4) is 0 Å². The lowest BCUT2D eigenvalue weighted by molar-refractivity contribution is -0.136. The van der Waals surface area contributed by atoms with E-state index < -0.39 is 11.8 Å². The minimum absolute atomic E-state index is 0.112. The molecule has 0 fully saturated rings. The Bertz CT molecular complexity index is 769. The van der Waals surface area contributed by atoms with Crippen molar-refractivity contribution in [2.24, 2.45) is 0 Å². The van der Waals surface area contributed by atoms with Crippen LogP contribution >= 0.6 is 0 Å². The highest BCUT2D eigenvalue weighted by Gasteiger charge is 2.17. The van der Waals surface area contributed by atoms with E-state index in [1.54, 1.807) is 6.07 Å². The van der Waals surface area contributed by atoms with Crippen LogP contribution in [-0.4, -0.2) is 16.9 Å². The van der Waals surface area contributed by atoms with Gasteiger partial charge in [-0.2, -0.15) is 0 Å². The molecule has 0 saturated carbocycles. The van der Waals surface area contributed by atoms with E-state index in [0.717, 1.165) is 22.3 Å². The van der Waals surface area contributed by atoms with E-state index in [4.69, 9.17) is 0 Å². The summed E-state index contributed by atoms with van der Waals surface area (Å²) >= 11 is 0. The molecule has 5 nitrogen and oxygen atoms in total. The van der Waals surface area contributed by atoms with Gasteiger partial charge in [-0.05, 0) is 35.1 Å². The molecular weight excluding hydrogens is 316 g/mol. The van der Waals surface area contributed by atoms with Crippen molar-refractivity contribution in [1.29, 1.82) is 0 Å². The lowest BCUT2D eigenvalue weighted by atomic mass is 9.98. The molecule has 0 aliphatic rings. The van der Waals surface area contributed by atoms with Crippen LogP contribution < -0.4 is 10.6 Å². The summed E-state index contributed by atoms with van der Waals surface area (Å²) in [4.78, 5) is 24.4. The van der Waals surface area contributed by atoms with Crippen LogP contribution in [-0.2, 0) is 22.7 Å². The zero-order valence-corrected chi connectivity index (χ0v) is 14.8. The van der Waals surface area contributed by atoms with Gasteiger partial charge >= 0.3 is 11.8 Å². The first kappa shape index (κ1) is 18.7. The first-order valence-corrected chi connectivity index (χ1v) is 8.30. The Balaban J connectivity index is 2.05. The third kappa shape index (κ3) is 4.67. The fourth-order valence-electron chi connectivity index (χ4n) is 2.65. The van der Waals surface area contributed by atoms with E-state index in [2.05, 4.69) is 10.6 Å². The van der Waals surface area contributed by atoms with Crippen molar-refractivity contribution in [3.63, 3.8) is 0 Å². The molecule has 5 heteroatoms. The molecule has 0 aliphatic carbocycles. The highest BCUT2D eigenvalue weighted by Crippen LogP contribution is 2.27. The summed E-state index contributed by atoms with van der Waals surface area (Å²) in [6, 6.07) is 13.0. The summed E-state index contributed by atoms with van der Waals surface area (Å²) < 4.78 is 0. The predicted octanol–water partition coefficient (Wildman–Crippen LogP) is 2.87. The maximum Gasteiger partial charge on any atom is 0.313 e. The summed E-state index contributed by atoms with van der Waals surface area (Å²) in [5.41, 5.74) is 4.10. The van der Waals surface area contributed by atoms with Crippen LogP contribution in [0.1, 0.15) is 42.0 Å². The molecule has 2 amide bonds. The molecule has 132 valence electrons. The van der Waals surface area contributed by atoms with E-state index in [1.165, 1.54) is 0 Å². The van der Waals surface area contributed by atoms with Gasteiger partial charge in [0.1, 0.15) is 0 Å². The number of anilines is 1. The topological polar surface area (TPSA) is 78.4 Å². The van der Waals surface area contributed by atoms with Gasteiger partial charge in [0.15, 0.2) is 0 Å². The molecule has 2 aromatic rings. The maximum absolute atomic E-state index is 12.2. The second-order valence-electron chi connectivity index (χ2n) is 6.26. The Morgan fingerprint density at radius 1 is 1.00 bits per heavy atom. The number of para-hydroxylation sites is 1. The van der Waals surface area contributed by atoms with Crippen molar-refractivity contribution >= 4 is 17.5 Å². The molecule has 3 N–H and O–H groups in total. The van der Waals surface area contributed by atoms with Crippen molar-refractivity contribution in [2.45, 2.75) is 39.8 Å². The fourth-order valence-corrected chi connectivity index (χ4v) is 2.65. The number of aliphatic hydroxyl groups is 1. The summed E-state index contributed by atoms with van der Waals surface area (Å²) in [6.45, 7) is 6.05. The normalized spacial score (nSPS) is 10.6. The van der Waals surface area contributed by atoms with Crippen molar-refractivity contribution in [3.8, 4) is 0 Å². The third-order valence-corrected chi connectivity index (χ3v) is 4.10. The molecule has 0 radical (unpaired) electrons. The Morgan fingerprint density at radius 2 is 1.68 bits per heavy atom. The zero-order chi connectivity index (χ0) is 18.4. The molecule has 0 bridgehead atoms. The van der Waals surface area contributed by atoms with Gasteiger partial charge in [0.25, 0.3) is 0 Å². The Hall–Kier alpha value is -2.66. The summed E-state index contributed by atoms with van der Waals surface area (Å²) in [7, 11) is 0. The van der Waals surface area contributed by atoms with Crippen molar-refractivity contribution in [1.82, 2.24) is 5.32 Å². The quantitative estimate of drug-likeness (QED) is 0.732. The van der Waals surface area contributed by atoms with Crippen LogP contribution in [0.4, 0.5) is 5.69 Å². The van der Waals surface area contributed by atoms with E-state index in [1.807, 2.05) is 57.2 Å². The number of rotatable bonds is 5. The number of nitrogens with one attached hydrogen (secondary N) is 2. The lowest BCUT2D eigenvalue weighted by Gasteiger charge is -2.16. The number of carbonyl (C=O) groups is 2. The van der Waals surface area contributed by atoms with Crippen molar-refractivity contribution in [3.05, 3.63) is 64.7 Å². The smallest absolute Gasteiger partial charge is 0.313 e. The fraction of sp³-hybridized carbons (Fsp3) is 0.300. The average Bonchev–Trinajstić information content (AvgIpc) is 2.61. The summed E-state index contributed by atoms with van der Waals surface area (Å²) in [6.07, 6.45) is 0. The molecule has 25 heavy (non-hydrogen) atoms. The average molecular weight is 340 g/mol. The highest BCUT2D eigenvalue weighted by molar-refractivity contribution is 6.39. The second-order valence-corrected chi connectivity index (χ2v) is 6.26. The van der Waals surface area contributed by atoms with Crippen LogP contribution in [0.15, 0.2) is 42.5 Å². The molecular formula is C20H24N2O3. The van der Waals surface area contributed by atoms with Gasteiger partial charge in [0.2, 0.25) is 0 Å². The molecule has 0 aliphatic heterocycles. The Morgan fingerprint density at radius 3 is 2.32 bits per heavy atom. The molecule has 0 unspecified atom stereocenters. The SMILES string of the molecule is Cc1cccc(C(C)C)c1NC(=O)C(=O)NCc1ccccc1CO. The first-order valence-electron chi connectivity index (χ1n) is 8.30. The molecule has 0 atom stereocenters.